The lowest BCUT2D eigenvalue weighted by Gasteiger charge is -2.21. The highest BCUT2D eigenvalue weighted by molar-refractivity contribution is 5.52. The summed E-state index contributed by atoms with van der Waals surface area (Å²) < 4.78 is 0. The van der Waals surface area contributed by atoms with Gasteiger partial charge in [0.25, 0.3) is 0 Å². The molecule has 1 aliphatic rings. The van der Waals surface area contributed by atoms with Gasteiger partial charge in [-0.1, -0.05) is 24.3 Å². The second-order valence-electron chi connectivity index (χ2n) is 4.55. The summed E-state index contributed by atoms with van der Waals surface area (Å²) >= 11 is 0. The monoisotopic (exact) mass is 225 g/mol. The van der Waals surface area contributed by atoms with Crippen LogP contribution in [-0.4, -0.2) is 16.2 Å². The number of H-pyrrole nitrogens is 1. The summed E-state index contributed by atoms with van der Waals surface area (Å²) in [5.41, 5.74) is 2.41. The number of benzene rings is 1. The number of hydrogen-bond acceptors (Lipinski definition) is 1. The molecule has 1 aromatic carbocycles. The number of hydrogen-bond donors (Lipinski definition) is 2. The predicted octanol–water partition coefficient (Wildman–Crippen LogP) is 1.04. The van der Waals surface area contributed by atoms with Crippen LogP contribution in [0.15, 0.2) is 36.5 Å². The maximum atomic E-state index is 10.2. The molecule has 0 saturated heterocycles. The largest absolute Gasteiger partial charge is 0.388 e. The lowest BCUT2D eigenvalue weighted by atomic mass is 9.87. The minimum absolute atomic E-state index is 0.0438. The molecule has 86 valence electrons. The minimum atomic E-state index is -0.445. The molecule has 2 unspecified atom stereocenters. The fraction of sp³-hybridized carbons (Fsp3) is 0.200. The van der Waals surface area contributed by atoms with E-state index in [4.69, 9.17) is 0 Å². The van der Waals surface area contributed by atoms with E-state index in [-0.39, 0.29) is 5.92 Å². The SMILES string of the molecule is Cc1ccccc1C1C=c2[nH]ccc2=CC1O. The molecule has 3 rings (SSSR count). The van der Waals surface area contributed by atoms with Crippen molar-refractivity contribution in [2.75, 3.05) is 0 Å². The lowest BCUT2D eigenvalue weighted by molar-refractivity contribution is 0.225. The topological polar surface area (TPSA) is 36.0 Å². The summed E-state index contributed by atoms with van der Waals surface area (Å²) in [6, 6.07) is 10.2. The Hall–Kier alpha value is -1.80. The number of aliphatic hydroxyl groups excluding tert-OH is 1. The van der Waals surface area contributed by atoms with E-state index < -0.39 is 6.10 Å². The third-order valence-electron chi connectivity index (χ3n) is 3.42. The summed E-state index contributed by atoms with van der Waals surface area (Å²) in [6.45, 7) is 2.08. The first kappa shape index (κ1) is 10.4. The van der Waals surface area contributed by atoms with Crippen molar-refractivity contribution in [1.29, 1.82) is 0 Å². The third-order valence-corrected chi connectivity index (χ3v) is 3.42. The molecule has 2 aromatic rings. The van der Waals surface area contributed by atoms with Crippen LogP contribution in [0.5, 0.6) is 0 Å². The van der Waals surface area contributed by atoms with Gasteiger partial charge in [-0.15, -0.1) is 0 Å². The van der Waals surface area contributed by atoms with Crippen molar-refractivity contribution in [2.45, 2.75) is 18.9 Å². The number of aromatic amines is 1. The first-order chi connectivity index (χ1) is 8.25. The predicted molar refractivity (Wildman–Crippen MR) is 68.9 cm³/mol. The first-order valence-electron chi connectivity index (χ1n) is 5.86. The van der Waals surface area contributed by atoms with Gasteiger partial charge in [-0.25, -0.2) is 0 Å². The number of rotatable bonds is 1. The number of aliphatic hydroxyl groups is 1. The highest BCUT2D eigenvalue weighted by Gasteiger charge is 2.20. The van der Waals surface area contributed by atoms with Crippen molar-refractivity contribution in [1.82, 2.24) is 4.98 Å². The maximum Gasteiger partial charge on any atom is 0.0834 e. The standard InChI is InChI=1S/C15H15NO/c1-10-4-2-3-5-12(10)13-9-14-11(6-7-16-14)8-15(13)17/h2-9,13,15-17H,1H3. The zero-order valence-electron chi connectivity index (χ0n) is 9.72. The van der Waals surface area contributed by atoms with Crippen LogP contribution in [0.2, 0.25) is 0 Å². The molecule has 0 fully saturated rings. The van der Waals surface area contributed by atoms with Crippen molar-refractivity contribution in [3.05, 3.63) is 58.2 Å². The Morgan fingerprint density at radius 2 is 1.94 bits per heavy atom. The molecule has 0 aliphatic heterocycles. The van der Waals surface area contributed by atoms with E-state index in [1.54, 1.807) is 0 Å². The van der Waals surface area contributed by atoms with Gasteiger partial charge in [-0.05, 0) is 41.5 Å². The molecule has 0 bridgehead atoms. The highest BCUT2D eigenvalue weighted by atomic mass is 16.3. The van der Waals surface area contributed by atoms with Gasteiger partial charge in [-0.3, -0.25) is 0 Å². The third kappa shape index (κ3) is 1.71. The van der Waals surface area contributed by atoms with Gasteiger partial charge in [0.15, 0.2) is 0 Å². The fourth-order valence-corrected chi connectivity index (χ4v) is 2.48. The molecule has 2 N–H and O–H groups in total. The smallest absolute Gasteiger partial charge is 0.0834 e. The van der Waals surface area contributed by atoms with E-state index in [9.17, 15) is 5.11 Å². The Labute approximate surface area is 99.9 Å². The van der Waals surface area contributed by atoms with Gasteiger partial charge < -0.3 is 10.1 Å². The molecule has 2 heteroatoms. The number of aryl methyl sites for hydroxylation is 1. The van der Waals surface area contributed by atoms with Crippen molar-refractivity contribution < 1.29 is 5.11 Å². The Bertz CT molecular complexity index is 654. The van der Waals surface area contributed by atoms with Gasteiger partial charge in [0, 0.05) is 17.5 Å². The molecule has 17 heavy (non-hydrogen) atoms. The van der Waals surface area contributed by atoms with Crippen LogP contribution in [0.1, 0.15) is 17.0 Å². The Balaban J connectivity index is 2.15. The van der Waals surface area contributed by atoms with E-state index in [2.05, 4.69) is 30.1 Å². The first-order valence-corrected chi connectivity index (χ1v) is 5.86. The van der Waals surface area contributed by atoms with Crippen LogP contribution < -0.4 is 10.6 Å². The molecular weight excluding hydrogens is 210 g/mol. The normalized spacial score (nSPS) is 22.5. The summed E-state index contributed by atoms with van der Waals surface area (Å²) in [5, 5.41) is 12.4. The van der Waals surface area contributed by atoms with E-state index in [0.29, 0.717) is 0 Å². The van der Waals surface area contributed by atoms with Gasteiger partial charge >= 0.3 is 0 Å². The van der Waals surface area contributed by atoms with Gasteiger partial charge in [0.05, 0.1) is 6.10 Å². The van der Waals surface area contributed by atoms with Crippen molar-refractivity contribution in [3.8, 4) is 0 Å². The quantitative estimate of drug-likeness (QED) is 0.747. The molecule has 1 heterocycles. The number of fused-ring (bicyclic) bond motifs is 1. The molecule has 2 atom stereocenters. The molecule has 0 saturated carbocycles. The molecule has 0 radical (unpaired) electrons. The second kappa shape index (κ2) is 3.90. The average molecular weight is 225 g/mol. The fourth-order valence-electron chi connectivity index (χ4n) is 2.48. The van der Waals surface area contributed by atoms with E-state index >= 15 is 0 Å². The molecule has 1 aliphatic carbocycles. The molecule has 2 nitrogen and oxygen atoms in total. The summed E-state index contributed by atoms with van der Waals surface area (Å²) in [4.78, 5) is 3.20. The van der Waals surface area contributed by atoms with Crippen molar-refractivity contribution in [3.63, 3.8) is 0 Å². The van der Waals surface area contributed by atoms with Crippen LogP contribution in [-0.2, 0) is 0 Å². The van der Waals surface area contributed by atoms with E-state index in [0.717, 1.165) is 10.6 Å². The van der Waals surface area contributed by atoms with Gasteiger partial charge in [0.1, 0.15) is 0 Å². The van der Waals surface area contributed by atoms with Crippen molar-refractivity contribution >= 4 is 12.2 Å². The zero-order chi connectivity index (χ0) is 11.8. The maximum absolute atomic E-state index is 10.2. The van der Waals surface area contributed by atoms with Crippen LogP contribution in [0.3, 0.4) is 0 Å². The van der Waals surface area contributed by atoms with E-state index in [1.165, 1.54) is 11.1 Å². The molecular formula is C15H15NO. The Morgan fingerprint density at radius 3 is 2.76 bits per heavy atom. The van der Waals surface area contributed by atoms with Gasteiger partial charge in [-0.2, -0.15) is 0 Å². The molecule has 1 aromatic heterocycles. The molecule has 0 spiro atoms. The van der Waals surface area contributed by atoms with Crippen molar-refractivity contribution in [2.24, 2.45) is 0 Å². The molecule has 0 amide bonds. The number of aromatic nitrogens is 1. The Kier molecular flexibility index (Phi) is 2.37. The highest BCUT2D eigenvalue weighted by Crippen LogP contribution is 2.26. The minimum Gasteiger partial charge on any atom is -0.388 e. The second-order valence-corrected chi connectivity index (χ2v) is 4.55. The van der Waals surface area contributed by atoms with Crippen LogP contribution in [0.4, 0.5) is 0 Å². The summed E-state index contributed by atoms with van der Waals surface area (Å²) in [5.74, 6) is 0.0438. The lowest BCUT2D eigenvalue weighted by Crippen LogP contribution is -2.33. The number of nitrogens with one attached hydrogen (secondary N) is 1. The Morgan fingerprint density at radius 1 is 1.12 bits per heavy atom. The average Bonchev–Trinajstić information content (AvgIpc) is 2.76. The van der Waals surface area contributed by atoms with E-state index in [1.807, 2.05) is 30.5 Å². The van der Waals surface area contributed by atoms with Crippen LogP contribution in [0, 0.1) is 6.92 Å². The van der Waals surface area contributed by atoms with Crippen LogP contribution in [0.25, 0.3) is 12.2 Å². The zero-order valence-corrected chi connectivity index (χ0v) is 9.72. The summed E-state index contributed by atoms with van der Waals surface area (Å²) in [7, 11) is 0. The van der Waals surface area contributed by atoms with Crippen LogP contribution >= 0.6 is 0 Å². The summed E-state index contributed by atoms with van der Waals surface area (Å²) in [6.07, 6.45) is 5.50. The van der Waals surface area contributed by atoms with Gasteiger partial charge in [0.2, 0.25) is 0 Å².